The summed E-state index contributed by atoms with van der Waals surface area (Å²) in [5.41, 5.74) is 1.44. The molecule has 28 heavy (non-hydrogen) atoms. The van der Waals surface area contributed by atoms with Crippen LogP contribution < -0.4 is 5.32 Å². The first kappa shape index (κ1) is 20.1. The Morgan fingerprint density at radius 1 is 1.14 bits per heavy atom. The van der Waals surface area contributed by atoms with Crippen LogP contribution in [0.1, 0.15) is 25.8 Å². The number of benzene rings is 2. The van der Waals surface area contributed by atoms with Crippen LogP contribution in [0.2, 0.25) is 0 Å². The van der Waals surface area contributed by atoms with Gasteiger partial charge in [-0.1, -0.05) is 61.2 Å². The molecular weight excluding hydrogens is 375 g/mol. The number of amides is 1. The van der Waals surface area contributed by atoms with E-state index in [-0.39, 0.29) is 23.5 Å². The van der Waals surface area contributed by atoms with Crippen LogP contribution in [0.3, 0.4) is 0 Å². The smallest absolute Gasteiger partial charge is 0.230 e. The van der Waals surface area contributed by atoms with Crippen LogP contribution >= 0.6 is 11.8 Å². The van der Waals surface area contributed by atoms with Crippen molar-refractivity contribution in [1.82, 2.24) is 20.1 Å². The number of hydrogen-bond acceptors (Lipinski definition) is 4. The van der Waals surface area contributed by atoms with E-state index < -0.39 is 0 Å². The highest BCUT2D eigenvalue weighted by Gasteiger charge is 2.18. The summed E-state index contributed by atoms with van der Waals surface area (Å²) in [5.74, 6) is 0.275. The SMILES string of the molecule is CCC(C)NC(=O)CSc1nnc(-c2ccccc2F)n1Cc1ccccc1. The van der Waals surface area contributed by atoms with Gasteiger partial charge in [-0.15, -0.1) is 10.2 Å². The molecule has 1 N–H and O–H groups in total. The van der Waals surface area contributed by atoms with Crippen LogP contribution in [0.5, 0.6) is 0 Å². The molecule has 5 nitrogen and oxygen atoms in total. The predicted octanol–water partition coefficient (Wildman–Crippen LogP) is 4.14. The lowest BCUT2D eigenvalue weighted by Crippen LogP contribution is -2.33. The van der Waals surface area contributed by atoms with Gasteiger partial charge in [-0.3, -0.25) is 9.36 Å². The summed E-state index contributed by atoms with van der Waals surface area (Å²) >= 11 is 1.30. The largest absolute Gasteiger partial charge is 0.353 e. The number of thioether (sulfide) groups is 1. The zero-order chi connectivity index (χ0) is 19.9. The number of hydrogen-bond donors (Lipinski definition) is 1. The van der Waals surface area contributed by atoms with Crippen LogP contribution in [-0.2, 0) is 11.3 Å². The van der Waals surface area contributed by atoms with Crippen molar-refractivity contribution in [2.75, 3.05) is 5.75 Å². The Labute approximate surface area is 168 Å². The molecule has 146 valence electrons. The molecule has 7 heteroatoms. The second-order valence-electron chi connectivity index (χ2n) is 6.52. The van der Waals surface area contributed by atoms with Gasteiger partial charge >= 0.3 is 0 Å². The Hall–Kier alpha value is -2.67. The minimum absolute atomic E-state index is 0.0546. The Morgan fingerprint density at radius 3 is 2.57 bits per heavy atom. The van der Waals surface area contributed by atoms with E-state index in [9.17, 15) is 9.18 Å². The number of nitrogens with zero attached hydrogens (tertiary/aromatic N) is 3. The number of halogens is 1. The minimum Gasteiger partial charge on any atom is -0.353 e. The summed E-state index contributed by atoms with van der Waals surface area (Å²) in [5, 5.41) is 12.0. The third-order valence-corrected chi connectivity index (χ3v) is 5.33. The molecule has 1 heterocycles. The molecule has 0 fully saturated rings. The first-order chi connectivity index (χ1) is 13.6. The van der Waals surface area contributed by atoms with E-state index in [1.807, 2.05) is 48.7 Å². The van der Waals surface area contributed by atoms with Gasteiger partial charge in [0.15, 0.2) is 11.0 Å². The number of aromatic nitrogens is 3. The van der Waals surface area contributed by atoms with Crippen LogP contribution in [0.15, 0.2) is 59.8 Å². The number of rotatable bonds is 8. The molecule has 0 saturated carbocycles. The summed E-state index contributed by atoms with van der Waals surface area (Å²) < 4.78 is 16.2. The van der Waals surface area contributed by atoms with Crippen LogP contribution in [0.25, 0.3) is 11.4 Å². The van der Waals surface area contributed by atoms with Gasteiger partial charge < -0.3 is 5.32 Å². The Morgan fingerprint density at radius 2 is 1.86 bits per heavy atom. The molecule has 0 spiro atoms. The van der Waals surface area contributed by atoms with Crippen molar-refractivity contribution in [2.24, 2.45) is 0 Å². The lowest BCUT2D eigenvalue weighted by molar-refractivity contribution is -0.119. The fourth-order valence-corrected chi connectivity index (χ4v) is 3.44. The molecular formula is C21H23FN4OS. The molecule has 1 amide bonds. The molecule has 0 saturated heterocycles. The molecule has 3 rings (SSSR count). The maximum atomic E-state index is 14.3. The van der Waals surface area contributed by atoms with E-state index in [4.69, 9.17) is 0 Å². The molecule has 0 radical (unpaired) electrons. The lowest BCUT2D eigenvalue weighted by Gasteiger charge is -2.12. The summed E-state index contributed by atoms with van der Waals surface area (Å²) in [6.07, 6.45) is 0.873. The quantitative estimate of drug-likeness (QED) is 0.580. The van der Waals surface area contributed by atoms with Crippen LogP contribution in [0, 0.1) is 5.82 Å². The maximum Gasteiger partial charge on any atom is 0.230 e. The third kappa shape index (κ3) is 4.98. The minimum atomic E-state index is -0.352. The summed E-state index contributed by atoms with van der Waals surface area (Å²) in [6.45, 7) is 4.48. The van der Waals surface area contributed by atoms with Gasteiger partial charge in [-0.05, 0) is 31.0 Å². The maximum absolute atomic E-state index is 14.3. The molecule has 1 atom stereocenters. The predicted molar refractivity (Wildman–Crippen MR) is 110 cm³/mol. The third-order valence-electron chi connectivity index (χ3n) is 4.37. The first-order valence-electron chi connectivity index (χ1n) is 9.22. The van der Waals surface area contributed by atoms with Gasteiger partial charge in [0, 0.05) is 6.04 Å². The molecule has 2 aromatic carbocycles. The van der Waals surface area contributed by atoms with Crippen molar-refractivity contribution in [3.8, 4) is 11.4 Å². The zero-order valence-electron chi connectivity index (χ0n) is 15.9. The van der Waals surface area contributed by atoms with E-state index in [0.717, 1.165) is 12.0 Å². The molecule has 3 aromatic rings. The van der Waals surface area contributed by atoms with Crippen molar-refractivity contribution < 1.29 is 9.18 Å². The van der Waals surface area contributed by atoms with Gasteiger partial charge in [0.25, 0.3) is 0 Å². The summed E-state index contributed by atoms with van der Waals surface area (Å²) in [4.78, 5) is 12.1. The van der Waals surface area contributed by atoms with E-state index in [1.54, 1.807) is 18.2 Å². The fourth-order valence-electron chi connectivity index (χ4n) is 2.69. The normalized spacial score (nSPS) is 12.0. The highest BCUT2D eigenvalue weighted by Crippen LogP contribution is 2.26. The second-order valence-corrected chi connectivity index (χ2v) is 7.47. The molecule has 0 aliphatic heterocycles. The average molecular weight is 399 g/mol. The van der Waals surface area contributed by atoms with E-state index in [0.29, 0.717) is 23.1 Å². The average Bonchev–Trinajstić information content (AvgIpc) is 3.09. The number of carbonyl (C=O) groups excluding carboxylic acids is 1. The Balaban J connectivity index is 1.87. The van der Waals surface area contributed by atoms with Gasteiger partial charge in [0.2, 0.25) is 5.91 Å². The van der Waals surface area contributed by atoms with E-state index in [2.05, 4.69) is 15.5 Å². The monoisotopic (exact) mass is 398 g/mol. The molecule has 0 aliphatic rings. The number of nitrogens with one attached hydrogen (secondary N) is 1. The highest BCUT2D eigenvalue weighted by molar-refractivity contribution is 7.99. The van der Waals surface area contributed by atoms with Crippen molar-refractivity contribution >= 4 is 17.7 Å². The zero-order valence-corrected chi connectivity index (χ0v) is 16.7. The van der Waals surface area contributed by atoms with Crippen LogP contribution in [-0.4, -0.2) is 32.5 Å². The van der Waals surface area contributed by atoms with Gasteiger partial charge in [0.1, 0.15) is 5.82 Å². The van der Waals surface area contributed by atoms with Gasteiger partial charge in [-0.2, -0.15) is 0 Å². The van der Waals surface area contributed by atoms with Crippen molar-refractivity contribution in [1.29, 1.82) is 0 Å². The van der Waals surface area contributed by atoms with E-state index >= 15 is 0 Å². The standard InChI is InChI=1S/C21H23FN4OS/c1-3-15(2)23-19(27)14-28-21-25-24-20(17-11-7-8-12-18(17)22)26(21)13-16-9-5-4-6-10-16/h4-12,15H,3,13-14H2,1-2H3,(H,23,27). The van der Waals surface area contributed by atoms with Crippen LogP contribution in [0.4, 0.5) is 4.39 Å². The molecule has 1 unspecified atom stereocenters. The Bertz CT molecular complexity index is 929. The second kappa shape index (κ2) is 9.50. The first-order valence-corrected chi connectivity index (χ1v) is 10.2. The Kier molecular flexibility index (Phi) is 6.81. The molecule has 0 bridgehead atoms. The van der Waals surface area contributed by atoms with Crippen molar-refractivity contribution in [2.45, 2.75) is 38.0 Å². The van der Waals surface area contributed by atoms with Crippen molar-refractivity contribution in [3.05, 3.63) is 66.0 Å². The summed E-state index contributed by atoms with van der Waals surface area (Å²) in [7, 11) is 0. The van der Waals surface area contributed by atoms with Gasteiger partial charge in [0.05, 0.1) is 17.9 Å². The number of carbonyl (C=O) groups is 1. The summed E-state index contributed by atoms with van der Waals surface area (Å²) in [6, 6.07) is 16.5. The molecule has 0 aliphatic carbocycles. The fraction of sp³-hybridized carbons (Fsp3) is 0.286. The lowest BCUT2D eigenvalue weighted by atomic mass is 10.2. The van der Waals surface area contributed by atoms with Gasteiger partial charge in [-0.25, -0.2) is 4.39 Å². The highest BCUT2D eigenvalue weighted by atomic mass is 32.2. The molecule has 1 aromatic heterocycles. The van der Waals surface area contributed by atoms with E-state index in [1.165, 1.54) is 17.8 Å². The topological polar surface area (TPSA) is 59.8 Å². The van der Waals surface area contributed by atoms with Crippen molar-refractivity contribution in [3.63, 3.8) is 0 Å².